The quantitative estimate of drug-likeness (QED) is 0.741. The SMILES string of the molecule is COc1cccc(OC)c1-n1c(C)nnc1-c1cnccc1C. The molecule has 2 aromatic heterocycles. The van der Waals surface area contributed by atoms with E-state index in [0.29, 0.717) is 17.3 Å². The van der Waals surface area contributed by atoms with E-state index in [-0.39, 0.29) is 0 Å². The smallest absolute Gasteiger partial charge is 0.170 e. The van der Waals surface area contributed by atoms with Crippen LogP contribution < -0.4 is 9.47 Å². The first-order valence-corrected chi connectivity index (χ1v) is 7.21. The molecule has 0 radical (unpaired) electrons. The first-order valence-electron chi connectivity index (χ1n) is 7.21. The molecule has 0 spiro atoms. The van der Waals surface area contributed by atoms with Crippen LogP contribution in [0.2, 0.25) is 0 Å². The Morgan fingerprint density at radius 2 is 1.65 bits per heavy atom. The summed E-state index contributed by atoms with van der Waals surface area (Å²) in [5, 5.41) is 8.57. The summed E-state index contributed by atoms with van der Waals surface area (Å²) in [5.74, 6) is 2.83. The van der Waals surface area contributed by atoms with Gasteiger partial charge < -0.3 is 9.47 Å². The highest BCUT2D eigenvalue weighted by molar-refractivity contribution is 5.66. The molecule has 1 aromatic carbocycles. The Kier molecular flexibility index (Phi) is 3.97. The number of para-hydroxylation sites is 1. The minimum Gasteiger partial charge on any atom is -0.494 e. The van der Waals surface area contributed by atoms with Crippen molar-refractivity contribution in [2.45, 2.75) is 13.8 Å². The predicted octanol–water partition coefficient (Wildman–Crippen LogP) is 2.96. The Bertz CT molecular complexity index is 820. The lowest BCUT2D eigenvalue weighted by molar-refractivity contribution is 0.391. The standard InChI is InChI=1S/C17H18N4O2/c1-11-8-9-18-10-13(11)17-20-19-12(2)21(17)16-14(22-3)6-5-7-15(16)23-4/h5-10H,1-4H3. The molecular formula is C17H18N4O2. The molecule has 2 heterocycles. The highest BCUT2D eigenvalue weighted by Crippen LogP contribution is 2.36. The second-order valence-corrected chi connectivity index (χ2v) is 5.11. The van der Waals surface area contributed by atoms with Gasteiger partial charge in [-0.3, -0.25) is 9.55 Å². The second kappa shape index (κ2) is 6.08. The molecule has 0 bridgehead atoms. The largest absolute Gasteiger partial charge is 0.494 e. The second-order valence-electron chi connectivity index (χ2n) is 5.11. The third-order valence-corrected chi connectivity index (χ3v) is 3.73. The van der Waals surface area contributed by atoms with Crippen molar-refractivity contribution in [3.63, 3.8) is 0 Å². The van der Waals surface area contributed by atoms with Gasteiger partial charge in [0.1, 0.15) is 23.0 Å². The third kappa shape index (κ3) is 2.52. The van der Waals surface area contributed by atoms with Gasteiger partial charge in [0.25, 0.3) is 0 Å². The number of rotatable bonds is 4. The Labute approximate surface area is 134 Å². The van der Waals surface area contributed by atoms with E-state index in [1.54, 1.807) is 26.6 Å². The van der Waals surface area contributed by atoms with E-state index in [9.17, 15) is 0 Å². The molecule has 0 unspecified atom stereocenters. The van der Waals surface area contributed by atoms with Crippen molar-refractivity contribution in [3.05, 3.63) is 48.0 Å². The molecule has 0 fully saturated rings. The lowest BCUT2D eigenvalue weighted by Crippen LogP contribution is -2.05. The van der Waals surface area contributed by atoms with E-state index >= 15 is 0 Å². The maximum Gasteiger partial charge on any atom is 0.170 e. The van der Waals surface area contributed by atoms with Crippen LogP contribution in [-0.4, -0.2) is 34.0 Å². The summed E-state index contributed by atoms with van der Waals surface area (Å²) in [7, 11) is 3.26. The van der Waals surface area contributed by atoms with Gasteiger partial charge in [-0.1, -0.05) is 6.07 Å². The van der Waals surface area contributed by atoms with Gasteiger partial charge in [0.15, 0.2) is 5.82 Å². The van der Waals surface area contributed by atoms with Crippen LogP contribution in [-0.2, 0) is 0 Å². The molecule has 3 aromatic rings. The number of methoxy groups -OCH3 is 2. The zero-order valence-electron chi connectivity index (χ0n) is 13.6. The Hall–Kier alpha value is -2.89. The van der Waals surface area contributed by atoms with Gasteiger partial charge in [-0.15, -0.1) is 10.2 Å². The normalized spacial score (nSPS) is 10.6. The van der Waals surface area contributed by atoms with Gasteiger partial charge in [-0.2, -0.15) is 0 Å². The number of aryl methyl sites for hydroxylation is 2. The minimum absolute atomic E-state index is 0.690. The van der Waals surface area contributed by atoms with Crippen molar-refractivity contribution in [1.29, 1.82) is 0 Å². The number of hydrogen-bond acceptors (Lipinski definition) is 5. The molecule has 0 amide bonds. The highest BCUT2D eigenvalue weighted by atomic mass is 16.5. The van der Waals surface area contributed by atoms with Crippen LogP contribution in [0.5, 0.6) is 11.5 Å². The number of pyridine rings is 1. The number of aromatic nitrogens is 4. The Morgan fingerprint density at radius 1 is 0.957 bits per heavy atom. The maximum atomic E-state index is 5.52. The summed E-state index contributed by atoms with van der Waals surface area (Å²) in [5.41, 5.74) is 2.77. The molecular weight excluding hydrogens is 292 g/mol. The molecule has 0 aliphatic carbocycles. The number of benzene rings is 1. The van der Waals surface area contributed by atoms with Crippen LogP contribution in [0.25, 0.3) is 17.1 Å². The molecule has 0 saturated heterocycles. The first kappa shape index (κ1) is 15.0. The van der Waals surface area contributed by atoms with E-state index < -0.39 is 0 Å². The van der Waals surface area contributed by atoms with E-state index in [1.807, 2.05) is 42.7 Å². The van der Waals surface area contributed by atoms with Gasteiger partial charge in [0.05, 0.1) is 14.2 Å². The fourth-order valence-corrected chi connectivity index (χ4v) is 2.55. The molecule has 118 valence electrons. The van der Waals surface area contributed by atoms with Gasteiger partial charge in [-0.05, 0) is 37.6 Å². The molecule has 6 heteroatoms. The molecule has 3 rings (SSSR count). The average Bonchev–Trinajstić information content (AvgIpc) is 2.95. The molecule has 0 saturated carbocycles. The zero-order chi connectivity index (χ0) is 16.4. The van der Waals surface area contributed by atoms with Crippen molar-refractivity contribution in [1.82, 2.24) is 19.7 Å². The fraction of sp³-hybridized carbons (Fsp3) is 0.235. The van der Waals surface area contributed by atoms with Crippen LogP contribution in [0.4, 0.5) is 0 Å². The molecule has 0 atom stereocenters. The molecule has 0 N–H and O–H groups in total. The summed E-state index contributed by atoms with van der Waals surface area (Å²) in [4.78, 5) is 4.21. The van der Waals surface area contributed by atoms with E-state index in [0.717, 1.165) is 22.6 Å². The summed E-state index contributed by atoms with van der Waals surface area (Å²) >= 11 is 0. The predicted molar refractivity (Wildman–Crippen MR) is 87.2 cm³/mol. The van der Waals surface area contributed by atoms with Crippen LogP contribution in [0.15, 0.2) is 36.7 Å². The zero-order valence-corrected chi connectivity index (χ0v) is 13.6. The van der Waals surface area contributed by atoms with Crippen LogP contribution >= 0.6 is 0 Å². The number of nitrogens with zero attached hydrogens (tertiary/aromatic N) is 4. The van der Waals surface area contributed by atoms with Crippen molar-refractivity contribution < 1.29 is 9.47 Å². The van der Waals surface area contributed by atoms with E-state index in [4.69, 9.17) is 9.47 Å². The first-order chi connectivity index (χ1) is 11.2. The van der Waals surface area contributed by atoms with Gasteiger partial charge >= 0.3 is 0 Å². The maximum absolute atomic E-state index is 5.52. The molecule has 6 nitrogen and oxygen atoms in total. The summed E-state index contributed by atoms with van der Waals surface area (Å²) in [6.45, 7) is 3.92. The van der Waals surface area contributed by atoms with Crippen molar-refractivity contribution in [2.75, 3.05) is 14.2 Å². The number of hydrogen-bond donors (Lipinski definition) is 0. The van der Waals surface area contributed by atoms with Gasteiger partial charge in [-0.25, -0.2) is 0 Å². The van der Waals surface area contributed by atoms with E-state index in [2.05, 4.69) is 15.2 Å². The monoisotopic (exact) mass is 310 g/mol. The molecule has 0 aliphatic heterocycles. The lowest BCUT2D eigenvalue weighted by Gasteiger charge is -2.16. The Morgan fingerprint density at radius 3 is 2.26 bits per heavy atom. The number of ether oxygens (including phenoxy) is 2. The lowest BCUT2D eigenvalue weighted by atomic mass is 10.1. The third-order valence-electron chi connectivity index (χ3n) is 3.73. The van der Waals surface area contributed by atoms with E-state index in [1.165, 1.54) is 0 Å². The fourth-order valence-electron chi connectivity index (χ4n) is 2.55. The van der Waals surface area contributed by atoms with Crippen molar-refractivity contribution in [2.24, 2.45) is 0 Å². The van der Waals surface area contributed by atoms with Gasteiger partial charge in [0.2, 0.25) is 0 Å². The summed E-state index contributed by atoms with van der Waals surface area (Å²) in [6, 6.07) is 7.60. The molecule has 23 heavy (non-hydrogen) atoms. The van der Waals surface area contributed by atoms with Crippen molar-refractivity contribution >= 4 is 0 Å². The van der Waals surface area contributed by atoms with Crippen LogP contribution in [0, 0.1) is 13.8 Å². The van der Waals surface area contributed by atoms with Crippen LogP contribution in [0.1, 0.15) is 11.4 Å². The summed E-state index contributed by atoms with van der Waals surface area (Å²) in [6.07, 6.45) is 3.55. The topological polar surface area (TPSA) is 62.1 Å². The molecule has 0 aliphatic rings. The average molecular weight is 310 g/mol. The summed E-state index contributed by atoms with van der Waals surface area (Å²) < 4.78 is 13.0. The minimum atomic E-state index is 0.690. The van der Waals surface area contributed by atoms with Crippen molar-refractivity contribution in [3.8, 4) is 28.6 Å². The van der Waals surface area contributed by atoms with Crippen LogP contribution in [0.3, 0.4) is 0 Å². The highest BCUT2D eigenvalue weighted by Gasteiger charge is 2.21. The Balaban J connectivity index is 2.31. The van der Waals surface area contributed by atoms with Gasteiger partial charge in [0, 0.05) is 18.0 Å².